The van der Waals surface area contributed by atoms with Gasteiger partial charge in [-0.1, -0.05) is 47.5 Å². The third kappa shape index (κ3) is 5.18. The molecule has 0 radical (unpaired) electrons. The summed E-state index contributed by atoms with van der Waals surface area (Å²) in [5, 5.41) is 3.59. The van der Waals surface area contributed by atoms with Crippen LogP contribution >= 0.6 is 23.2 Å². The van der Waals surface area contributed by atoms with Crippen molar-refractivity contribution in [2.45, 2.75) is 0 Å². The Labute approximate surface area is 151 Å². The summed E-state index contributed by atoms with van der Waals surface area (Å²) in [5.41, 5.74) is 0.685. The molecule has 0 aliphatic carbocycles. The average Bonchev–Trinajstić information content (AvgIpc) is 2.60. The monoisotopic (exact) mass is 365 g/mol. The topological polar surface area (TPSA) is 47.6 Å². The summed E-state index contributed by atoms with van der Waals surface area (Å²) in [5.74, 6) is 1.05. The van der Waals surface area contributed by atoms with E-state index in [9.17, 15) is 4.79 Å². The molecule has 4 nitrogen and oxygen atoms in total. The largest absolute Gasteiger partial charge is 0.493 e. The molecule has 126 valence electrons. The van der Waals surface area contributed by atoms with Gasteiger partial charge in [0, 0.05) is 6.08 Å². The van der Waals surface area contributed by atoms with Crippen molar-refractivity contribution in [2.75, 3.05) is 20.3 Å². The van der Waals surface area contributed by atoms with E-state index in [4.69, 9.17) is 32.7 Å². The van der Waals surface area contributed by atoms with E-state index < -0.39 is 0 Å². The number of nitrogens with one attached hydrogen (secondary N) is 1. The van der Waals surface area contributed by atoms with E-state index >= 15 is 0 Å². The van der Waals surface area contributed by atoms with Crippen molar-refractivity contribution in [1.82, 2.24) is 5.32 Å². The van der Waals surface area contributed by atoms with Gasteiger partial charge in [-0.05, 0) is 29.8 Å². The zero-order chi connectivity index (χ0) is 17.4. The van der Waals surface area contributed by atoms with E-state index in [1.807, 2.05) is 24.3 Å². The second-order valence-electron chi connectivity index (χ2n) is 4.77. The lowest BCUT2D eigenvalue weighted by atomic mass is 10.2. The molecule has 24 heavy (non-hydrogen) atoms. The molecule has 0 saturated heterocycles. The molecule has 0 heterocycles. The first-order valence-electron chi connectivity index (χ1n) is 7.27. The average molecular weight is 366 g/mol. The van der Waals surface area contributed by atoms with Crippen LogP contribution in [0.3, 0.4) is 0 Å². The number of rotatable bonds is 7. The highest BCUT2D eigenvalue weighted by molar-refractivity contribution is 6.42. The van der Waals surface area contributed by atoms with Gasteiger partial charge >= 0.3 is 0 Å². The summed E-state index contributed by atoms with van der Waals surface area (Å²) in [6, 6.07) is 12.6. The third-order valence-corrected chi connectivity index (χ3v) is 3.96. The van der Waals surface area contributed by atoms with E-state index in [1.54, 1.807) is 31.4 Å². The van der Waals surface area contributed by atoms with Crippen LogP contribution in [0.15, 0.2) is 48.5 Å². The Morgan fingerprint density at radius 3 is 2.62 bits per heavy atom. The maximum Gasteiger partial charge on any atom is 0.244 e. The molecule has 2 aromatic rings. The number of ether oxygens (including phenoxy) is 2. The predicted octanol–water partition coefficient (Wildman–Crippen LogP) is 4.21. The van der Waals surface area contributed by atoms with Crippen LogP contribution < -0.4 is 14.8 Å². The fraction of sp³-hybridized carbons (Fsp3) is 0.167. The first-order chi connectivity index (χ1) is 11.6. The van der Waals surface area contributed by atoms with Crippen LogP contribution in [0, 0.1) is 0 Å². The lowest BCUT2D eigenvalue weighted by molar-refractivity contribution is -0.116. The Morgan fingerprint density at radius 2 is 1.88 bits per heavy atom. The highest BCUT2D eigenvalue weighted by Crippen LogP contribution is 2.26. The lowest BCUT2D eigenvalue weighted by Gasteiger charge is -2.10. The van der Waals surface area contributed by atoms with Crippen molar-refractivity contribution in [3.05, 3.63) is 64.1 Å². The third-order valence-electron chi connectivity index (χ3n) is 3.12. The van der Waals surface area contributed by atoms with Crippen LogP contribution in [-0.4, -0.2) is 26.2 Å². The molecule has 0 spiro atoms. The Bertz CT molecular complexity index is 732. The molecular formula is C18H17Cl2NO3. The van der Waals surface area contributed by atoms with Crippen LogP contribution in [0.4, 0.5) is 0 Å². The van der Waals surface area contributed by atoms with E-state index in [-0.39, 0.29) is 5.91 Å². The van der Waals surface area contributed by atoms with E-state index in [2.05, 4.69) is 5.32 Å². The molecule has 2 aromatic carbocycles. The number of methoxy groups -OCH3 is 1. The summed E-state index contributed by atoms with van der Waals surface area (Å²) in [6.45, 7) is 0.697. The van der Waals surface area contributed by atoms with E-state index in [1.165, 1.54) is 6.08 Å². The number of carbonyl (C=O) groups is 1. The summed E-state index contributed by atoms with van der Waals surface area (Å²) in [4.78, 5) is 11.8. The molecule has 6 heteroatoms. The van der Waals surface area contributed by atoms with Crippen molar-refractivity contribution in [2.24, 2.45) is 0 Å². The molecule has 2 rings (SSSR count). The first kappa shape index (κ1) is 18.2. The van der Waals surface area contributed by atoms with Crippen LogP contribution in [0.1, 0.15) is 5.56 Å². The number of hydrogen-bond donors (Lipinski definition) is 1. The minimum absolute atomic E-state index is 0.241. The minimum Gasteiger partial charge on any atom is -0.493 e. The molecule has 0 fully saturated rings. The summed E-state index contributed by atoms with van der Waals surface area (Å²) in [6.07, 6.45) is 3.02. The number of halogens is 2. The molecule has 0 aromatic heterocycles. The zero-order valence-electron chi connectivity index (χ0n) is 13.1. The molecule has 0 aliphatic heterocycles. The first-order valence-corrected chi connectivity index (χ1v) is 8.03. The quantitative estimate of drug-likeness (QED) is 0.590. The van der Waals surface area contributed by atoms with Gasteiger partial charge < -0.3 is 14.8 Å². The van der Waals surface area contributed by atoms with Crippen LogP contribution in [0.5, 0.6) is 11.5 Å². The van der Waals surface area contributed by atoms with Crippen LogP contribution in [0.2, 0.25) is 10.0 Å². The summed E-state index contributed by atoms with van der Waals surface area (Å²) >= 11 is 12.0. The van der Waals surface area contributed by atoms with Gasteiger partial charge in [-0.25, -0.2) is 0 Å². The van der Waals surface area contributed by atoms with Gasteiger partial charge in [-0.15, -0.1) is 0 Å². The molecule has 0 saturated carbocycles. The van der Waals surface area contributed by atoms with Gasteiger partial charge in [0.05, 0.1) is 23.7 Å². The van der Waals surface area contributed by atoms with Gasteiger partial charge in [-0.3, -0.25) is 4.79 Å². The second kappa shape index (κ2) is 9.21. The van der Waals surface area contributed by atoms with Crippen LogP contribution in [-0.2, 0) is 4.79 Å². The highest BCUT2D eigenvalue weighted by Gasteiger charge is 2.03. The predicted molar refractivity (Wildman–Crippen MR) is 97.0 cm³/mol. The fourth-order valence-electron chi connectivity index (χ4n) is 1.95. The van der Waals surface area contributed by atoms with Gasteiger partial charge in [0.1, 0.15) is 6.61 Å². The fourth-order valence-corrected chi connectivity index (χ4v) is 2.32. The second-order valence-corrected chi connectivity index (χ2v) is 5.55. The van der Waals surface area contributed by atoms with Crippen molar-refractivity contribution in [1.29, 1.82) is 0 Å². The van der Waals surface area contributed by atoms with Crippen molar-refractivity contribution < 1.29 is 14.3 Å². The van der Waals surface area contributed by atoms with E-state index in [0.29, 0.717) is 40.3 Å². The lowest BCUT2D eigenvalue weighted by Crippen LogP contribution is -2.26. The Kier molecular flexibility index (Phi) is 6.97. The molecular weight excluding hydrogens is 349 g/mol. The molecule has 1 amide bonds. The molecule has 1 N–H and O–H groups in total. The normalized spacial score (nSPS) is 10.6. The number of benzene rings is 2. The van der Waals surface area contributed by atoms with Gasteiger partial charge in [0.15, 0.2) is 11.5 Å². The minimum atomic E-state index is -0.241. The van der Waals surface area contributed by atoms with Crippen molar-refractivity contribution in [3.8, 4) is 11.5 Å². The Hall–Kier alpha value is -2.17. The van der Waals surface area contributed by atoms with Crippen LogP contribution in [0.25, 0.3) is 6.08 Å². The highest BCUT2D eigenvalue weighted by atomic mass is 35.5. The Morgan fingerprint density at radius 1 is 1.12 bits per heavy atom. The van der Waals surface area contributed by atoms with E-state index in [0.717, 1.165) is 0 Å². The van der Waals surface area contributed by atoms with Gasteiger partial charge in [-0.2, -0.15) is 0 Å². The molecule has 0 aliphatic rings. The summed E-state index contributed by atoms with van der Waals surface area (Å²) in [7, 11) is 1.58. The number of carbonyl (C=O) groups excluding carboxylic acids is 1. The molecule has 0 bridgehead atoms. The number of para-hydroxylation sites is 2. The SMILES string of the molecule is COc1ccccc1OCCNC(=O)/C=C/c1cccc(Cl)c1Cl. The smallest absolute Gasteiger partial charge is 0.244 e. The Balaban J connectivity index is 1.79. The maximum atomic E-state index is 11.8. The van der Waals surface area contributed by atoms with Gasteiger partial charge in [0.25, 0.3) is 0 Å². The number of amides is 1. The maximum absolute atomic E-state index is 11.8. The standard InChI is InChI=1S/C18H17Cl2NO3/c1-23-15-7-2-3-8-16(15)24-12-11-21-17(22)10-9-13-5-4-6-14(19)18(13)20/h2-10H,11-12H2,1H3,(H,21,22)/b10-9+. The van der Waals surface area contributed by atoms with Crippen molar-refractivity contribution in [3.63, 3.8) is 0 Å². The molecule has 0 unspecified atom stereocenters. The zero-order valence-corrected chi connectivity index (χ0v) is 14.6. The molecule has 0 atom stereocenters. The van der Waals surface area contributed by atoms with Crippen molar-refractivity contribution >= 4 is 35.2 Å². The number of hydrogen-bond acceptors (Lipinski definition) is 3. The summed E-state index contributed by atoms with van der Waals surface area (Å²) < 4.78 is 10.8. The van der Waals surface area contributed by atoms with Gasteiger partial charge in [0.2, 0.25) is 5.91 Å².